The quantitative estimate of drug-likeness (QED) is 0.113. The Kier molecular flexibility index (Phi) is 9.10. The SMILES string of the molecule is CCNC(=NCCCOc1ccc(F)cc1)NCCCN1C(=O)C2C3C=CC(C3)C2C1=O.I. The molecule has 2 amide bonds. The van der Waals surface area contributed by atoms with Crippen molar-refractivity contribution in [2.24, 2.45) is 28.7 Å². The number of hydrogen-bond acceptors (Lipinski definition) is 4. The molecule has 2 bridgehead atoms. The van der Waals surface area contributed by atoms with Crippen molar-refractivity contribution >= 4 is 41.8 Å². The minimum absolute atomic E-state index is 0. The van der Waals surface area contributed by atoms with Crippen LogP contribution in [0.15, 0.2) is 41.4 Å². The van der Waals surface area contributed by atoms with E-state index in [0.29, 0.717) is 44.4 Å². The van der Waals surface area contributed by atoms with Crippen LogP contribution in [0.2, 0.25) is 0 Å². The molecule has 1 heterocycles. The van der Waals surface area contributed by atoms with Gasteiger partial charge in [0.2, 0.25) is 11.8 Å². The molecule has 9 heteroatoms. The highest BCUT2D eigenvalue weighted by atomic mass is 127. The molecule has 3 aliphatic rings. The number of amides is 2. The summed E-state index contributed by atoms with van der Waals surface area (Å²) in [6, 6.07) is 5.96. The number of likely N-dealkylation sites (tertiary alicyclic amines) is 1. The van der Waals surface area contributed by atoms with E-state index in [0.717, 1.165) is 19.4 Å². The van der Waals surface area contributed by atoms with E-state index < -0.39 is 0 Å². The predicted molar refractivity (Wildman–Crippen MR) is 135 cm³/mol. The van der Waals surface area contributed by atoms with E-state index in [1.54, 1.807) is 12.1 Å². The summed E-state index contributed by atoms with van der Waals surface area (Å²) in [4.78, 5) is 31.5. The largest absolute Gasteiger partial charge is 0.494 e. The van der Waals surface area contributed by atoms with Gasteiger partial charge < -0.3 is 15.4 Å². The van der Waals surface area contributed by atoms with Crippen LogP contribution in [-0.2, 0) is 9.59 Å². The lowest BCUT2D eigenvalue weighted by Crippen LogP contribution is -2.40. The Hall–Kier alpha value is -2.17. The molecule has 4 atom stereocenters. The van der Waals surface area contributed by atoms with Gasteiger partial charge in [-0.15, -0.1) is 24.0 Å². The average Bonchev–Trinajstić information content (AvgIpc) is 3.47. The highest BCUT2D eigenvalue weighted by Crippen LogP contribution is 2.52. The second kappa shape index (κ2) is 11.8. The molecule has 2 fully saturated rings. The van der Waals surface area contributed by atoms with E-state index in [2.05, 4.69) is 27.8 Å². The molecule has 2 aliphatic carbocycles. The maximum atomic E-state index is 12.9. The molecular weight excluding hydrogens is 538 g/mol. The van der Waals surface area contributed by atoms with Gasteiger partial charge >= 0.3 is 0 Å². The van der Waals surface area contributed by atoms with Crippen LogP contribution in [0.1, 0.15) is 26.2 Å². The molecule has 0 radical (unpaired) electrons. The van der Waals surface area contributed by atoms with Gasteiger partial charge in [-0.05, 0) is 55.9 Å². The third-order valence-electron chi connectivity index (χ3n) is 6.41. The third-order valence-corrected chi connectivity index (χ3v) is 6.41. The molecular formula is C24H32FIN4O3. The number of ether oxygens (including phenoxy) is 1. The van der Waals surface area contributed by atoms with Gasteiger partial charge in [0, 0.05) is 32.6 Å². The van der Waals surface area contributed by atoms with Gasteiger partial charge in [0.05, 0.1) is 18.4 Å². The molecule has 7 nitrogen and oxygen atoms in total. The van der Waals surface area contributed by atoms with E-state index in [1.165, 1.54) is 17.0 Å². The molecule has 1 saturated heterocycles. The van der Waals surface area contributed by atoms with Crippen molar-refractivity contribution in [1.82, 2.24) is 15.5 Å². The van der Waals surface area contributed by atoms with Crippen molar-refractivity contribution in [3.8, 4) is 5.75 Å². The Morgan fingerprint density at radius 1 is 1.09 bits per heavy atom. The fourth-order valence-electron chi connectivity index (χ4n) is 4.95. The summed E-state index contributed by atoms with van der Waals surface area (Å²) in [6.07, 6.45) is 6.60. The summed E-state index contributed by atoms with van der Waals surface area (Å²) in [7, 11) is 0. The number of nitrogens with zero attached hydrogens (tertiary/aromatic N) is 2. The third kappa shape index (κ3) is 5.85. The maximum Gasteiger partial charge on any atom is 0.233 e. The first-order chi connectivity index (χ1) is 15.6. The van der Waals surface area contributed by atoms with Gasteiger partial charge in [0.25, 0.3) is 0 Å². The summed E-state index contributed by atoms with van der Waals surface area (Å²) in [6.45, 7) is 4.88. The molecule has 1 aromatic rings. The number of rotatable bonds is 10. The lowest BCUT2D eigenvalue weighted by atomic mass is 9.85. The number of aliphatic imine (C=N–C) groups is 1. The van der Waals surface area contributed by atoms with E-state index >= 15 is 0 Å². The first kappa shape index (κ1) is 25.5. The Labute approximate surface area is 211 Å². The molecule has 0 spiro atoms. The fraction of sp³-hybridized carbons (Fsp3) is 0.542. The number of fused-ring (bicyclic) bond motifs is 5. The Bertz CT molecular complexity index is 862. The molecule has 4 rings (SSSR count). The summed E-state index contributed by atoms with van der Waals surface area (Å²) in [5.74, 6) is 1.34. The van der Waals surface area contributed by atoms with Crippen LogP contribution < -0.4 is 15.4 Å². The number of guanidine groups is 1. The molecule has 180 valence electrons. The number of benzene rings is 1. The number of allylic oxidation sites excluding steroid dienone is 2. The van der Waals surface area contributed by atoms with E-state index in [9.17, 15) is 14.0 Å². The lowest BCUT2D eigenvalue weighted by Gasteiger charge is -2.18. The van der Waals surface area contributed by atoms with Crippen molar-refractivity contribution in [2.75, 3.05) is 32.8 Å². The Balaban J connectivity index is 0.00000306. The lowest BCUT2D eigenvalue weighted by molar-refractivity contribution is -0.140. The number of nitrogens with one attached hydrogen (secondary N) is 2. The fourth-order valence-corrected chi connectivity index (χ4v) is 4.95. The Morgan fingerprint density at radius 3 is 2.39 bits per heavy atom. The van der Waals surface area contributed by atoms with Crippen molar-refractivity contribution in [2.45, 2.75) is 26.2 Å². The molecule has 1 aromatic carbocycles. The number of carbonyl (C=O) groups is 2. The van der Waals surface area contributed by atoms with Gasteiger partial charge in [-0.3, -0.25) is 19.5 Å². The van der Waals surface area contributed by atoms with E-state index in [-0.39, 0.29) is 65.3 Å². The van der Waals surface area contributed by atoms with Gasteiger partial charge in [-0.25, -0.2) is 4.39 Å². The number of carbonyl (C=O) groups excluding carboxylic acids is 2. The smallest absolute Gasteiger partial charge is 0.233 e. The summed E-state index contributed by atoms with van der Waals surface area (Å²) in [5.41, 5.74) is 0. The number of hydrogen-bond donors (Lipinski definition) is 2. The highest BCUT2D eigenvalue weighted by Gasteiger charge is 2.58. The van der Waals surface area contributed by atoms with Crippen molar-refractivity contribution in [3.05, 3.63) is 42.2 Å². The van der Waals surface area contributed by atoms with Crippen molar-refractivity contribution in [3.63, 3.8) is 0 Å². The zero-order valence-electron chi connectivity index (χ0n) is 18.8. The van der Waals surface area contributed by atoms with Crippen molar-refractivity contribution < 1.29 is 18.7 Å². The van der Waals surface area contributed by atoms with E-state index in [4.69, 9.17) is 4.74 Å². The van der Waals surface area contributed by atoms with Crippen LogP contribution in [0.3, 0.4) is 0 Å². The van der Waals surface area contributed by atoms with Gasteiger partial charge in [-0.2, -0.15) is 0 Å². The standard InChI is InChI=1S/C24H31FN4O3.HI/c1-2-26-24(28-12-4-14-32-19-9-7-18(25)8-10-19)27-11-3-13-29-22(30)20-16-5-6-17(15-16)21(20)23(29)31;/h5-10,16-17,20-21H,2-4,11-15H2,1H3,(H2,26,27,28);1H. The number of halogens is 2. The molecule has 0 aromatic heterocycles. The van der Waals surface area contributed by atoms with Crippen LogP contribution >= 0.6 is 24.0 Å². The summed E-state index contributed by atoms with van der Waals surface area (Å²) in [5, 5.41) is 6.46. The zero-order chi connectivity index (χ0) is 22.5. The predicted octanol–water partition coefficient (Wildman–Crippen LogP) is 2.96. The van der Waals surface area contributed by atoms with Gasteiger partial charge in [0.15, 0.2) is 5.96 Å². The minimum Gasteiger partial charge on any atom is -0.494 e. The molecule has 1 aliphatic heterocycles. The van der Waals surface area contributed by atoms with Gasteiger partial charge in [0.1, 0.15) is 11.6 Å². The Morgan fingerprint density at radius 2 is 1.76 bits per heavy atom. The first-order valence-electron chi connectivity index (χ1n) is 11.5. The zero-order valence-corrected chi connectivity index (χ0v) is 21.2. The minimum atomic E-state index is -0.284. The van der Waals surface area contributed by atoms with Crippen LogP contribution in [-0.4, -0.2) is 55.5 Å². The normalized spacial score (nSPS) is 25.3. The molecule has 4 unspecified atom stereocenters. The molecule has 1 saturated carbocycles. The summed E-state index contributed by atoms with van der Waals surface area (Å²) >= 11 is 0. The second-order valence-electron chi connectivity index (χ2n) is 8.52. The molecule has 2 N–H and O–H groups in total. The summed E-state index contributed by atoms with van der Waals surface area (Å²) < 4.78 is 18.5. The van der Waals surface area contributed by atoms with E-state index in [1.807, 2.05) is 6.92 Å². The highest BCUT2D eigenvalue weighted by molar-refractivity contribution is 14.0. The average molecular weight is 570 g/mol. The second-order valence-corrected chi connectivity index (χ2v) is 8.52. The number of imide groups is 1. The van der Waals surface area contributed by atoms with Crippen molar-refractivity contribution in [1.29, 1.82) is 0 Å². The maximum absolute atomic E-state index is 12.9. The van der Waals surface area contributed by atoms with Crippen LogP contribution in [0.4, 0.5) is 4.39 Å². The first-order valence-corrected chi connectivity index (χ1v) is 11.5. The van der Waals surface area contributed by atoms with Crippen LogP contribution in [0.25, 0.3) is 0 Å². The monoisotopic (exact) mass is 570 g/mol. The topological polar surface area (TPSA) is 83.0 Å². The van der Waals surface area contributed by atoms with Gasteiger partial charge in [-0.1, -0.05) is 12.2 Å². The van der Waals surface area contributed by atoms with Crippen LogP contribution in [0, 0.1) is 29.5 Å². The molecule has 33 heavy (non-hydrogen) atoms. The van der Waals surface area contributed by atoms with Crippen LogP contribution in [0.5, 0.6) is 5.75 Å².